The lowest BCUT2D eigenvalue weighted by Crippen LogP contribution is -2.03. The Morgan fingerprint density at radius 2 is 1.94 bits per heavy atom. The number of aromatic nitrogens is 1. The maximum absolute atomic E-state index is 13.3. The number of halogens is 2. The fourth-order valence-corrected chi connectivity index (χ4v) is 2.04. The van der Waals surface area contributed by atoms with Gasteiger partial charge in [0.15, 0.2) is 0 Å². The number of aliphatic hydroxyl groups excluding tert-OH is 1. The lowest BCUT2D eigenvalue weighted by Gasteiger charge is -2.12. The summed E-state index contributed by atoms with van der Waals surface area (Å²) >= 11 is 3.18. The van der Waals surface area contributed by atoms with Gasteiger partial charge in [-0.05, 0) is 45.3 Å². The van der Waals surface area contributed by atoms with Gasteiger partial charge in [-0.1, -0.05) is 12.1 Å². The van der Waals surface area contributed by atoms with Gasteiger partial charge in [0.25, 0.3) is 0 Å². The average molecular weight is 296 g/mol. The summed E-state index contributed by atoms with van der Waals surface area (Å²) in [7, 11) is 0. The zero-order valence-electron chi connectivity index (χ0n) is 8.98. The summed E-state index contributed by atoms with van der Waals surface area (Å²) in [5.74, 6) is -0.315. The third kappa shape index (κ3) is 2.90. The van der Waals surface area contributed by atoms with Crippen molar-refractivity contribution in [2.75, 3.05) is 0 Å². The number of benzene rings is 1. The number of aliphatic hydroxyl groups is 1. The number of pyridine rings is 1. The van der Waals surface area contributed by atoms with Crippen molar-refractivity contribution in [2.45, 2.75) is 12.5 Å². The molecule has 0 fully saturated rings. The standard InChI is InChI=1S/C13H11BrFNO/c14-13-10(2-1-3-11(13)15)8-12(17)9-4-6-16-7-5-9/h1-7,12,17H,8H2. The molecule has 0 saturated carbocycles. The lowest BCUT2D eigenvalue weighted by atomic mass is 10.0. The molecule has 17 heavy (non-hydrogen) atoms. The van der Waals surface area contributed by atoms with Crippen molar-refractivity contribution < 1.29 is 9.50 Å². The van der Waals surface area contributed by atoms with Crippen molar-refractivity contribution in [3.63, 3.8) is 0 Å². The van der Waals surface area contributed by atoms with Crippen LogP contribution in [0.2, 0.25) is 0 Å². The molecule has 1 atom stereocenters. The monoisotopic (exact) mass is 295 g/mol. The Balaban J connectivity index is 2.19. The predicted molar refractivity (Wildman–Crippen MR) is 67.0 cm³/mol. The van der Waals surface area contributed by atoms with E-state index in [1.807, 2.05) is 0 Å². The molecule has 0 amide bonds. The van der Waals surface area contributed by atoms with Gasteiger partial charge in [0, 0.05) is 18.8 Å². The van der Waals surface area contributed by atoms with E-state index in [0.29, 0.717) is 10.9 Å². The number of rotatable bonds is 3. The predicted octanol–water partition coefficient (Wildman–Crippen LogP) is 3.26. The first-order valence-corrected chi connectivity index (χ1v) is 5.98. The molecule has 0 aliphatic carbocycles. The Morgan fingerprint density at radius 1 is 1.24 bits per heavy atom. The molecule has 2 nitrogen and oxygen atoms in total. The Morgan fingerprint density at radius 3 is 2.65 bits per heavy atom. The van der Waals surface area contributed by atoms with E-state index in [-0.39, 0.29) is 5.82 Å². The van der Waals surface area contributed by atoms with E-state index in [2.05, 4.69) is 20.9 Å². The third-order valence-electron chi connectivity index (χ3n) is 2.54. The molecule has 0 bridgehead atoms. The zero-order valence-corrected chi connectivity index (χ0v) is 10.6. The minimum atomic E-state index is -0.656. The normalized spacial score (nSPS) is 12.4. The van der Waals surface area contributed by atoms with Crippen LogP contribution in [0, 0.1) is 5.82 Å². The minimum Gasteiger partial charge on any atom is -0.388 e. The van der Waals surface area contributed by atoms with Gasteiger partial charge in [-0.2, -0.15) is 0 Å². The first-order valence-electron chi connectivity index (χ1n) is 5.19. The van der Waals surface area contributed by atoms with Crippen LogP contribution < -0.4 is 0 Å². The van der Waals surface area contributed by atoms with Crippen LogP contribution in [-0.4, -0.2) is 10.1 Å². The summed E-state index contributed by atoms with van der Waals surface area (Å²) in [5, 5.41) is 10.0. The van der Waals surface area contributed by atoms with Crippen LogP contribution in [0.3, 0.4) is 0 Å². The highest BCUT2D eigenvalue weighted by Gasteiger charge is 2.12. The fourth-order valence-electron chi connectivity index (χ4n) is 1.62. The van der Waals surface area contributed by atoms with Gasteiger partial charge in [-0.25, -0.2) is 4.39 Å². The van der Waals surface area contributed by atoms with Crippen molar-refractivity contribution in [3.8, 4) is 0 Å². The van der Waals surface area contributed by atoms with E-state index in [9.17, 15) is 9.50 Å². The van der Waals surface area contributed by atoms with E-state index >= 15 is 0 Å². The minimum absolute atomic E-state index is 0.315. The largest absolute Gasteiger partial charge is 0.388 e. The molecule has 1 aromatic carbocycles. The van der Waals surface area contributed by atoms with Crippen molar-refractivity contribution in [3.05, 3.63) is 64.1 Å². The van der Waals surface area contributed by atoms with Crippen LogP contribution in [-0.2, 0) is 6.42 Å². The molecule has 2 rings (SSSR count). The molecular weight excluding hydrogens is 285 g/mol. The second-order valence-corrected chi connectivity index (χ2v) is 4.51. The Bertz CT molecular complexity index is 504. The third-order valence-corrected chi connectivity index (χ3v) is 3.42. The molecule has 4 heteroatoms. The van der Waals surface area contributed by atoms with Crippen molar-refractivity contribution in [2.24, 2.45) is 0 Å². The van der Waals surface area contributed by atoms with Crippen molar-refractivity contribution >= 4 is 15.9 Å². The molecule has 0 aliphatic heterocycles. The maximum atomic E-state index is 13.3. The average Bonchev–Trinajstić information content (AvgIpc) is 2.36. The van der Waals surface area contributed by atoms with Gasteiger partial charge in [-0.3, -0.25) is 4.98 Å². The van der Waals surface area contributed by atoms with Crippen LogP contribution in [0.5, 0.6) is 0 Å². The molecular formula is C13H11BrFNO. The second-order valence-electron chi connectivity index (χ2n) is 3.71. The van der Waals surface area contributed by atoms with E-state index < -0.39 is 6.10 Å². The summed E-state index contributed by atoms with van der Waals surface area (Å²) in [5.41, 5.74) is 1.52. The summed E-state index contributed by atoms with van der Waals surface area (Å²) in [6.07, 6.45) is 2.96. The summed E-state index contributed by atoms with van der Waals surface area (Å²) in [4.78, 5) is 3.89. The number of nitrogens with zero attached hydrogens (tertiary/aromatic N) is 1. The molecule has 88 valence electrons. The number of hydrogen-bond acceptors (Lipinski definition) is 2. The number of hydrogen-bond donors (Lipinski definition) is 1. The Hall–Kier alpha value is -1.26. The van der Waals surface area contributed by atoms with Crippen LogP contribution in [0.25, 0.3) is 0 Å². The molecule has 0 saturated heterocycles. The molecule has 1 unspecified atom stereocenters. The van der Waals surface area contributed by atoms with Crippen molar-refractivity contribution in [1.82, 2.24) is 4.98 Å². The van der Waals surface area contributed by atoms with Crippen LogP contribution in [0.4, 0.5) is 4.39 Å². The molecule has 0 spiro atoms. The van der Waals surface area contributed by atoms with Gasteiger partial charge in [0.1, 0.15) is 5.82 Å². The van der Waals surface area contributed by atoms with E-state index in [4.69, 9.17) is 0 Å². The van der Waals surface area contributed by atoms with Gasteiger partial charge < -0.3 is 5.11 Å². The van der Waals surface area contributed by atoms with E-state index in [1.165, 1.54) is 6.07 Å². The van der Waals surface area contributed by atoms with Gasteiger partial charge in [-0.15, -0.1) is 0 Å². The maximum Gasteiger partial charge on any atom is 0.137 e. The molecule has 1 aromatic heterocycles. The van der Waals surface area contributed by atoms with E-state index in [1.54, 1.807) is 36.7 Å². The highest BCUT2D eigenvalue weighted by molar-refractivity contribution is 9.10. The van der Waals surface area contributed by atoms with Gasteiger partial charge >= 0.3 is 0 Å². The smallest absolute Gasteiger partial charge is 0.137 e. The quantitative estimate of drug-likeness (QED) is 0.943. The Kier molecular flexibility index (Phi) is 3.86. The molecule has 1 heterocycles. The summed E-state index contributed by atoms with van der Waals surface area (Å²) < 4.78 is 13.7. The van der Waals surface area contributed by atoms with Crippen molar-refractivity contribution in [1.29, 1.82) is 0 Å². The highest BCUT2D eigenvalue weighted by atomic mass is 79.9. The van der Waals surface area contributed by atoms with Gasteiger partial charge in [0.05, 0.1) is 10.6 Å². The highest BCUT2D eigenvalue weighted by Crippen LogP contribution is 2.25. The lowest BCUT2D eigenvalue weighted by molar-refractivity contribution is 0.178. The first-order chi connectivity index (χ1) is 8.18. The van der Waals surface area contributed by atoms with Crippen LogP contribution >= 0.6 is 15.9 Å². The second kappa shape index (κ2) is 5.38. The summed E-state index contributed by atoms with van der Waals surface area (Å²) in [6.45, 7) is 0. The molecule has 0 radical (unpaired) electrons. The first kappa shape index (κ1) is 12.2. The SMILES string of the molecule is OC(Cc1cccc(F)c1Br)c1ccncc1. The van der Waals surface area contributed by atoms with Gasteiger partial charge in [0.2, 0.25) is 0 Å². The zero-order chi connectivity index (χ0) is 12.3. The molecule has 1 N–H and O–H groups in total. The van der Waals surface area contributed by atoms with Crippen LogP contribution in [0.1, 0.15) is 17.2 Å². The van der Waals surface area contributed by atoms with E-state index in [0.717, 1.165) is 11.1 Å². The molecule has 2 aromatic rings. The van der Waals surface area contributed by atoms with Crippen LogP contribution in [0.15, 0.2) is 47.2 Å². The Labute approximate surface area is 107 Å². The molecule has 0 aliphatic rings. The topological polar surface area (TPSA) is 33.1 Å². The fraction of sp³-hybridized carbons (Fsp3) is 0.154. The summed E-state index contributed by atoms with van der Waals surface area (Å²) in [6, 6.07) is 8.30.